The second kappa shape index (κ2) is 5.56. The first-order valence-corrected chi connectivity index (χ1v) is 7.41. The molecule has 1 aliphatic heterocycles. The Bertz CT molecular complexity index is 752. The van der Waals surface area contributed by atoms with Gasteiger partial charge in [0, 0.05) is 31.0 Å². The number of piperidine rings is 1. The molecule has 0 aliphatic carbocycles. The van der Waals surface area contributed by atoms with Gasteiger partial charge in [-0.2, -0.15) is 13.2 Å². The molecular formula is C16H17F3N2O2. The zero-order chi connectivity index (χ0) is 16.8. The summed E-state index contributed by atoms with van der Waals surface area (Å²) in [5.74, 6) is -0.268. The molecule has 0 unspecified atom stereocenters. The fourth-order valence-electron chi connectivity index (χ4n) is 3.03. The minimum atomic E-state index is -4.41. The van der Waals surface area contributed by atoms with Crippen LogP contribution in [0.2, 0.25) is 0 Å². The van der Waals surface area contributed by atoms with Crippen molar-refractivity contribution in [2.24, 2.45) is 7.05 Å². The lowest BCUT2D eigenvalue weighted by Gasteiger charge is -2.30. The number of hydrogen-bond donors (Lipinski definition) is 1. The third-order valence-corrected chi connectivity index (χ3v) is 4.27. The molecule has 124 valence electrons. The lowest BCUT2D eigenvalue weighted by atomic mass is 10.1. The average Bonchev–Trinajstić information content (AvgIpc) is 2.82. The van der Waals surface area contributed by atoms with Crippen molar-refractivity contribution in [1.82, 2.24) is 9.47 Å². The lowest BCUT2D eigenvalue weighted by molar-refractivity contribution is -0.137. The van der Waals surface area contributed by atoms with Crippen molar-refractivity contribution in [2.45, 2.75) is 25.1 Å². The van der Waals surface area contributed by atoms with Crippen molar-refractivity contribution in [3.63, 3.8) is 0 Å². The minimum Gasteiger partial charge on any atom is -0.391 e. The van der Waals surface area contributed by atoms with Crippen LogP contribution in [0.3, 0.4) is 0 Å². The van der Waals surface area contributed by atoms with Crippen molar-refractivity contribution in [1.29, 1.82) is 0 Å². The number of alkyl halides is 3. The first-order valence-electron chi connectivity index (χ1n) is 7.41. The van der Waals surface area contributed by atoms with E-state index in [9.17, 15) is 23.1 Å². The van der Waals surface area contributed by atoms with E-state index in [1.165, 1.54) is 12.1 Å². The molecule has 1 fully saturated rings. The van der Waals surface area contributed by atoms with E-state index < -0.39 is 17.8 Å². The van der Waals surface area contributed by atoms with Crippen LogP contribution in [0.15, 0.2) is 24.3 Å². The molecule has 0 radical (unpaired) electrons. The number of likely N-dealkylation sites (tertiary alicyclic amines) is 1. The summed E-state index contributed by atoms with van der Waals surface area (Å²) >= 11 is 0. The SMILES string of the molecule is Cn1c(C(=O)N2CCC[C@H](O)C2)cc2cc(C(F)(F)F)ccc21. The van der Waals surface area contributed by atoms with Crippen LogP contribution in [0.1, 0.15) is 28.9 Å². The highest BCUT2D eigenvalue weighted by Gasteiger charge is 2.31. The summed E-state index contributed by atoms with van der Waals surface area (Å²) in [7, 11) is 1.66. The summed E-state index contributed by atoms with van der Waals surface area (Å²) in [5.41, 5.74) is 0.162. The molecule has 7 heteroatoms. The minimum absolute atomic E-state index is 0.258. The zero-order valence-electron chi connectivity index (χ0n) is 12.6. The van der Waals surface area contributed by atoms with E-state index in [1.54, 1.807) is 16.5 Å². The number of benzene rings is 1. The maximum Gasteiger partial charge on any atom is 0.416 e. The van der Waals surface area contributed by atoms with Gasteiger partial charge in [-0.1, -0.05) is 0 Å². The Hall–Kier alpha value is -2.02. The Labute approximate surface area is 131 Å². The van der Waals surface area contributed by atoms with E-state index in [2.05, 4.69) is 0 Å². The van der Waals surface area contributed by atoms with Gasteiger partial charge >= 0.3 is 6.18 Å². The van der Waals surface area contributed by atoms with E-state index in [0.717, 1.165) is 18.6 Å². The normalized spacial score (nSPS) is 19.3. The Kier molecular flexibility index (Phi) is 3.83. The van der Waals surface area contributed by atoms with Gasteiger partial charge in [-0.25, -0.2) is 0 Å². The third-order valence-electron chi connectivity index (χ3n) is 4.27. The number of rotatable bonds is 1. The maximum absolute atomic E-state index is 12.8. The molecule has 1 aromatic heterocycles. The van der Waals surface area contributed by atoms with Gasteiger partial charge in [0.25, 0.3) is 5.91 Å². The zero-order valence-corrected chi connectivity index (χ0v) is 12.6. The molecule has 0 saturated carbocycles. The van der Waals surface area contributed by atoms with Gasteiger partial charge in [0.15, 0.2) is 0 Å². The van der Waals surface area contributed by atoms with Gasteiger partial charge in [0.05, 0.1) is 11.7 Å². The van der Waals surface area contributed by atoms with E-state index >= 15 is 0 Å². The van der Waals surface area contributed by atoms with Gasteiger partial charge in [-0.3, -0.25) is 4.79 Å². The Balaban J connectivity index is 1.98. The number of carbonyl (C=O) groups is 1. The Morgan fingerprint density at radius 2 is 2.04 bits per heavy atom. The highest BCUT2D eigenvalue weighted by molar-refractivity contribution is 5.99. The summed E-state index contributed by atoms with van der Waals surface area (Å²) in [6.45, 7) is 0.805. The fourth-order valence-corrected chi connectivity index (χ4v) is 3.03. The quantitative estimate of drug-likeness (QED) is 0.876. The summed E-state index contributed by atoms with van der Waals surface area (Å²) in [4.78, 5) is 14.1. The van der Waals surface area contributed by atoms with Gasteiger partial charge in [0.1, 0.15) is 5.69 Å². The number of aliphatic hydroxyl groups excluding tert-OH is 1. The van der Waals surface area contributed by atoms with Gasteiger partial charge in [0.2, 0.25) is 0 Å². The molecule has 1 aliphatic rings. The van der Waals surface area contributed by atoms with Crippen LogP contribution in [0, 0.1) is 0 Å². The van der Waals surface area contributed by atoms with Crippen LogP contribution in [0.25, 0.3) is 10.9 Å². The number of hydrogen-bond acceptors (Lipinski definition) is 2. The highest BCUT2D eigenvalue weighted by atomic mass is 19.4. The summed E-state index contributed by atoms with van der Waals surface area (Å²) in [6, 6.07) is 4.92. The van der Waals surface area contributed by atoms with Crippen LogP contribution in [0.5, 0.6) is 0 Å². The Morgan fingerprint density at radius 3 is 2.70 bits per heavy atom. The first kappa shape index (κ1) is 15.9. The fraction of sp³-hybridized carbons (Fsp3) is 0.438. The van der Waals surface area contributed by atoms with Gasteiger partial charge in [-0.15, -0.1) is 0 Å². The van der Waals surface area contributed by atoms with Crippen molar-refractivity contribution in [3.8, 4) is 0 Å². The molecule has 1 N–H and O–H groups in total. The van der Waals surface area contributed by atoms with Crippen molar-refractivity contribution in [3.05, 3.63) is 35.5 Å². The van der Waals surface area contributed by atoms with Crippen molar-refractivity contribution >= 4 is 16.8 Å². The number of aliphatic hydroxyl groups is 1. The van der Waals surface area contributed by atoms with Crippen LogP contribution in [-0.4, -0.2) is 39.7 Å². The van der Waals surface area contributed by atoms with Crippen molar-refractivity contribution < 1.29 is 23.1 Å². The van der Waals surface area contributed by atoms with E-state index in [1.807, 2.05) is 0 Å². The molecular weight excluding hydrogens is 309 g/mol. The monoisotopic (exact) mass is 326 g/mol. The van der Waals surface area contributed by atoms with Crippen LogP contribution < -0.4 is 0 Å². The predicted molar refractivity (Wildman–Crippen MR) is 79.1 cm³/mol. The lowest BCUT2D eigenvalue weighted by Crippen LogP contribution is -2.42. The third kappa shape index (κ3) is 2.93. The van der Waals surface area contributed by atoms with E-state index in [-0.39, 0.29) is 12.5 Å². The van der Waals surface area contributed by atoms with Crippen LogP contribution in [-0.2, 0) is 13.2 Å². The molecule has 3 rings (SSSR count). The van der Waals surface area contributed by atoms with Gasteiger partial charge < -0.3 is 14.6 Å². The van der Waals surface area contributed by atoms with E-state index in [4.69, 9.17) is 0 Å². The second-order valence-electron chi connectivity index (χ2n) is 5.91. The number of amides is 1. The summed E-state index contributed by atoms with van der Waals surface area (Å²) < 4.78 is 40.0. The molecule has 1 amide bonds. The first-order chi connectivity index (χ1) is 10.8. The number of nitrogens with zero attached hydrogens (tertiary/aromatic N) is 2. The Morgan fingerprint density at radius 1 is 1.30 bits per heavy atom. The number of fused-ring (bicyclic) bond motifs is 1. The molecule has 1 saturated heterocycles. The van der Waals surface area contributed by atoms with Crippen LogP contribution >= 0.6 is 0 Å². The molecule has 2 heterocycles. The molecule has 2 aromatic rings. The summed E-state index contributed by atoms with van der Waals surface area (Å²) in [6.07, 6.45) is -3.58. The van der Waals surface area contributed by atoms with Crippen LogP contribution in [0.4, 0.5) is 13.2 Å². The number of aryl methyl sites for hydroxylation is 1. The smallest absolute Gasteiger partial charge is 0.391 e. The van der Waals surface area contributed by atoms with Gasteiger partial charge in [-0.05, 0) is 37.1 Å². The molecule has 0 bridgehead atoms. The summed E-state index contributed by atoms with van der Waals surface area (Å²) in [5, 5.41) is 10.1. The number of β-amino-alcohol motifs (C(OH)–C–C–N with tert-alkyl or cyclic N) is 1. The topological polar surface area (TPSA) is 45.5 Å². The largest absolute Gasteiger partial charge is 0.416 e. The molecule has 4 nitrogen and oxygen atoms in total. The second-order valence-corrected chi connectivity index (χ2v) is 5.91. The number of carbonyl (C=O) groups excluding carboxylic acids is 1. The number of halogens is 3. The molecule has 23 heavy (non-hydrogen) atoms. The molecule has 1 atom stereocenters. The number of aromatic nitrogens is 1. The average molecular weight is 326 g/mol. The standard InChI is InChI=1S/C16H17F3N2O2/c1-20-13-5-4-11(16(17,18)19)7-10(13)8-14(20)15(23)21-6-2-3-12(22)9-21/h4-5,7-8,12,22H,2-3,6,9H2,1H3/t12-/m0/s1. The van der Waals surface area contributed by atoms with E-state index in [0.29, 0.717) is 29.6 Å². The highest BCUT2D eigenvalue weighted by Crippen LogP contribution is 2.32. The maximum atomic E-state index is 12.8. The molecule has 0 spiro atoms. The predicted octanol–water partition coefficient (Wildman–Crippen LogP) is 2.79. The van der Waals surface area contributed by atoms with Crippen molar-refractivity contribution in [2.75, 3.05) is 13.1 Å². The molecule has 1 aromatic carbocycles.